The van der Waals surface area contributed by atoms with Gasteiger partial charge in [0.15, 0.2) is 0 Å². The monoisotopic (exact) mass is 310 g/mol. The second-order valence-electron chi connectivity index (χ2n) is 6.08. The van der Waals surface area contributed by atoms with Crippen molar-refractivity contribution in [2.24, 2.45) is 5.73 Å². The summed E-state index contributed by atoms with van der Waals surface area (Å²) in [5.41, 5.74) is 13.2. The van der Waals surface area contributed by atoms with Gasteiger partial charge in [-0.05, 0) is 52.6 Å². The van der Waals surface area contributed by atoms with Gasteiger partial charge >= 0.3 is 0 Å². The number of nitrogens with two attached hydrogens (primary N) is 2. The first-order valence-corrected chi connectivity index (χ1v) is 8.39. The number of amides is 1. The van der Waals surface area contributed by atoms with Gasteiger partial charge in [-0.1, -0.05) is 0 Å². The second-order valence-corrected chi connectivity index (χ2v) is 7.10. The van der Waals surface area contributed by atoms with E-state index in [1.807, 2.05) is 0 Å². The molecule has 0 atom stereocenters. The third-order valence-corrected chi connectivity index (χ3v) is 5.24. The summed E-state index contributed by atoms with van der Waals surface area (Å²) in [7, 11) is 2.13. The Balaban J connectivity index is 1.96. The van der Waals surface area contributed by atoms with Crippen LogP contribution in [0.15, 0.2) is 0 Å². The van der Waals surface area contributed by atoms with E-state index in [9.17, 15) is 4.79 Å². The molecule has 1 aliphatic carbocycles. The van der Waals surface area contributed by atoms with Crippen molar-refractivity contribution in [2.75, 3.05) is 31.2 Å². The van der Waals surface area contributed by atoms with Gasteiger partial charge < -0.3 is 21.7 Å². The Hall–Kier alpha value is -1.27. The summed E-state index contributed by atoms with van der Waals surface area (Å²) in [4.78, 5) is 14.3. The number of carbonyl (C=O) groups excluding carboxylic acids is 1. The van der Waals surface area contributed by atoms with Crippen LogP contribution in [0.2, 0.25) is 0 Å². The first kappa shape index (κ1) is 16.1. The Morgan fingerprint density at radius 1 is 1.48 bits per heavy atom. The molecule has 1 fully saturated rings. The van der Waals surface area contributed by atoms with Gasteiger partial charge in [0.05, 0.1) is 10.7 Å². The van der Waals surface area contributed by atoms with Crippen molar-refractivity contribution < 1.29 is 4.79 Å². The van der Waals surface area contributed by atoms with Gasteiger partial charge in [0.25, 0.3) is 5.91 Å². The molecule has 1 saturated carbocycles. The summed E-state index contributed by atoms with van der Waals surface area (Å²) >= 11 is 1.40. The molecule has 6 heteroatoms. The second kappa shape index (κ2) is 6.66. The van der Waals surface area contributed by atoms with Crippen LogP contribution in [-0.2, 0) is 0 Å². The molecule has 0 unspecified atom stereocenters. The maximum absolute atomic E-state index is 11.4. The maximum atomic E-state index is 11.4. The average Bonchev–Trinajstić information content (AvgIpc) is 3.18. The number of nitrogens with zero attached hydrogens (tertiary/aromatic N) is 1. The molecular formula is C15H26N4OS. The number of anilines is 2. The van der Waals surface area contributed by atoms with E-state index in [4.69, 9.17) is 11.5 Å². The lowest BCUT2D eigenvalue weighted by Crippen LogP contribution is -2.28. The van der Waals surface area contributed by atoms with E-state index in [0.29, 0.717) is 22.5 Å². The predicted molar refractivity (Wildman–Crippen MR) is 90.1 cm³/mol. The topological polar surface area (TPSA) is 84.4 Å². The number of rotatable bonds is 8. The third-order valence-electron chi connectivity index (χ3n) is 4.05. The minimum atomic E-state index is -0.424. The van der Waals surface area contributed by atoms with Crippen LogP contribution in [0.25, 0.3) is 0 Å². The van der Waals surface area contributed by atoms with Gasteiger partial charge in [0.1, 0.15) is 4.88 Å². The van der Waals surface area contributed by atoms with E-state index < -0.39 is 5.91 Å². The molecule has 1 amide bonds. The highest BCUT2D eigenvalue weighted by molar-refractivity contribution is 7.18. The molecule has 0 saturated heterocycles. The first-order valence-electron chi connectivity index (χ1n) is 7.57. The molecule has 1 aromatic heterocycles. The lowest BCUT2D eigenvalue weighted by atomic mass is 10.1. The standard InChI is InChI=1S/C15H26N4OS/c1-9(2)19(3)8-4-7-18-15-11(10-5-6-10)12(16)13(21-15)14(17)20/h9-10,18H,4-8,16H2,1-3H3,(H2,17,20). The number of nitrogens with one attached hydrogen (secondary N) is 1. The van der Waals surface area contributed by atoms with Crippen molar-refractivity contribution in [2.45, 2.75) is 45.1 Å². The van der Waals surface area contributed by atoms with Gasteiger partial charge in [0, 0.05) is 18.2 Å². The molecule has 0 bridgehead atoms. The molecule has 1 aliphatic rings. The predicted octanol–water partition coefficient (Wildman–Crippen LogP) is 2.45. The van der Waals surface area contributed by atoms with Crippen LogP contribution >= 0.6 is 11.3 Å². The minimum Gasteiger partial charge on any atom is -0.397 e. The molecule has 118 valence electrons. The number of thiophene rings is 1. The zero-order valence-corrected chi connectivity index (χ0v) is 13.9. The van der Waals surface area contributed by atoms with Crippen LogP contribution in [0, 0.1) is 0 Å². The van der Waals surface area contributed by atoms with Crippen molar-refractivity contribution >= 4 is 27.9 Å². The van der Waals surface area contributed by atoms with Crippen LogP contribution in [0.3, 0.4) is 0 Å². The molecule has 0 radical (unpaired) electrons. The number of primary amides is 1. The third kappa shape index (κ3) is 3.89. The van der Waals surface area contributed by atoms with E-state index in [0.717, 1.165) is 42.9 Å². The van der Waals surface area contributed by atoms with Crippen LogP contribution in [-0.4, -0.2) is 37.0 Å². The Bertz CT molecular complexity index is 508. The summed E-state index contributed by atoms with van der Waals surface area (Å²) in [6.45, 7) is 6.32. The lowest BCUT2D eigenvalue weighted by molar-refractivity contribution is 0.100. The average molecular weight is 310 g/mol. The fourth-order valence-electron chi connectivity index (χ4n) is 2.34. The smallest absolute Gasteiger partial charge is 0.260 e. The zero-order chi connectivity index (χ0) is 15.6. The molecule has 2 rings (SSSR count). The van der Waals surface area contributed by atoms with Crippen molar-refractivity contribution in [3.05, 3.63) is 10.4 Å². The molecule has 5 nitrogen and oxygen atoms in total. The molecule has 1 aromatic rings. The minimum absolute atomic E-state index is 0.424. The largest absolute Gasteiger partial charge is 0.397 e. The normalized spacial score (nSPS) is 14.9. The van der Waals surface area contributed by atoms with Crippen molar-refractivity contribution in [3.63, 3.8) is 0 Å². The maximum Gasteiger partial charge on any atom is 0.260 e. The fraction of sp³-hybridized carbons (Fsp3) is 0.667. The van der Waals surface area contributed by atoms with E-state index in [1.54, 1.807) is 0 Å². The zero-order valence-electron chi connectivity index (χ0n) is 13.1. The summed E-state index contributed by atoms with van der Waals surface area (Å²) in [5.74, 6) is 0.0854. The Morgan fingerprint density at radius 3 is 2.67 bits per heavy atom. The lowest BCUT2D eigenvalue weighted by Gasteiger charge is -2.20. The number of carbonyl (C=O) groups is 1. The van der Waals surface area contributed by atoms with Crippen LogP contribution in [0.4, 0.5) is 10.7 Å². The Kier molecular flexibility index (Phi) is 5.11. The molecule has 5 N–H and O–H groups in total. The van der Waals surface area contributed by atoms with Crippen LogP contribution < -0.4 is 16.8 Å². The van der Waals surface area contributed by atoms with Crippen molar-refractivity contribution in [3.8, 4) is 0 Å². The van der Waals surface area contributed by atoms with Gasteiger partial charge in [-0.3, -0.25) is 4.79 Å². The fourth-order valence-corrected chi connectivity index (χ4v) is 3.42. The van der Waals surface area contributed by atoms with Gasteiger partial charge in [-0.25, -0.2) is 0 Å². The highest BCUT2D eigenvalue weighted by Gasteiger charge is 2.32. The molecular weight excluding hydrogens is 284 g/mol. The molecule has 1 heterocycles. The number of hydrogen-bond acceptors (Lipinski definition) is 5. The van der Waals surface area contributed by atoms with Gasteiger partial charge in [-0.15, -0.1) is 11.3 Å². The molecule has 0 aliphatic heterocycles. The first-order chi connectivity index (χ1) is 9.91. The van der Waals surface area contributed by atoms with Crippen molar-refractivity contribution in [1.82, 2.24) is 4.90 Å². The van der Waals surface area contributed by atoms with E-state index in [2.05, 4.69) is 31.1 Å². The molecule has 0 aromatic carbocycles. The quantitative estimate of drug-likeness (QED) is 0.644. The SMILES string of the molecule is CC(C)N(C)CCCNc1sc(C(N)=O)c(N)c1C1CC1. The highest BCUT2D eigenvalue weighted by Crippen LogP contribution is 2.50. The van der Waals surface area contributed by atoms with E-state index in [1.165, 1.54) is 11.3 Å². The highest BCUT2D eigenvalue weighted by atomic mass is 32.1. The molecule has 21 heavy (non-hydrogen) atoms. The van der Waals surface area contributed by atoms with E-state index in [-0.39, 0.29) is 0 Å². The van der Waals surface area contributed by atoms with E-state index >= 15 is 0 Å². The summed E-state index contributed by atoms with van der Waals surface area (Å²) in [6, 6.07) is 0.561. The Morgan fingerprint density at radius 2 is 2.14 bits per heavy atom. The summed E-state index contributed by atoms with van der Waals surface area (Å²) in [6.07, 6.45) is 3.37. The van der Waals surface area contributed by atoms with Crippen LogP contribution in [0.5, 0.6) is 0 Å². The number of nitrogen functional groups attached to an aromatic ring is 1. The Labute approximate surface area is 130 Å². The van der Waals surface area contributed by atoms with Crippen LogP contribution in [0.1, 0.15) is 54.3 Å². The number of hydrogen-bond donors (Lipinski definition) is 3. The molecule has 0 spiro atoms. The van der Waals surface area contributed by atoms with Crippen molar-refractivity contribution in [1.29, 1.82) is 0 Å². The summed E-state index contributed by atoms with van der Waals surface area (Å²) in [5, 5.41) is 4.49. The van der Waals surface area contributed by atoms with Gasteiger partial charge in [-0.2, -0.15) is 0 Å². The summed E-state index contributed by atoms with van der Waals surface area (Å²) < 4.78 is 0. The van der Waals surface area contributed by atoms with Gasteiger partial charge in [0.2, 0.25) is 0 Å².